The fraction of sp³-hybridized carbons (Fsp3) is 0.364. The highest BCUT2D eigenvalue weighted by atomic mass is 35.5. The van der Waals surface area contributed by atoms with Crippen molar-refractivity contribution in [3.8, 4) is 0 Å². The lowest BCUT2D eigenvalue weighted by atomic mass is 10.2. The summed E-state index contributed by atoms with van der Waals surface area (Å²) in [6, 6.07) is 4.54. The van der Waals surface area contributed by atoms with E-state index in [1.807, 2.05) is 6.26 Å². The summed E-state index contributed by atoms with van der Waals surface area (Å²) in [4.78, 5) is 11.7. The number of benzene rings is 1. The summed E-state index contributed by atoms with van der Waals surface area (Å²) in [7, 11) is 0. The lowest BCUT2D eigenvalue weighted by Gasteiger charge is -2.12. The van der Waals surface area contributed by atoms with Crippen molar-refractivity contribution in [3.63, 3.8) is 0 Å². The molecule has 3 nitrogen and oxygen atoms in total. The standard InChI is InChI=1S/C11H14Cl2N2OS/c1-17-6-5-8(14)11(16)15-9-4-2-3-7(12)10(9)13/h2-4,8H,5-6,14H2,1H3,(H,15,16)/t8-/m0/s1. The van der Waals surface area contributed by atoms with Gasteiger partial charge in [0.1, 0.15) is 0 Å². The predicted octanol–water partition coefficient (Wildman–Crippen LogP) is 3.01. The van der Waals surface area contributed by atoms with Crippen LogP contribution in [0.5, 0.6) is 0 Å². The molecule has 1 amide bonds. The molecule has 0 aliphatic rings. The average Bonchev–Trinajstić information content (AvgIpc) is 2.31. The van der Waals surface area contributed by atoms with Crippen LogP contribution in [0.4, 0.5) is 5.69 Å². The highest BCUT2D eigenvalue weighted by molar-refractivity contribution is 7.98. The topological polar surface area (TPSA) is 55.1 Å². The van der Waals surface area contributed by atoms with E-state index in [9.17, 15) is 4.79 Å². The smallest absolute Gasteiger partial charge is 0.241 e. The van der Waals surface area contributed by atoms with Gasteiger partial charge < -0.3 is 11.1 Å². The summed E-state index contributed by atoms with van der Waals surface area (Å²) in [6.45, 7) is 0. The molecule has 1 aromatic rings. The zero-order chi connectivity index (χ0) is 12.8. The number of hydrogen-bond acceptors (Lipinski definition) is 3. The Morgan fingerprint density at radius 1 is 1.53 bits per heavy atom. The summed E-state index contributed by atoms with van der Waals surface area (Å²) in [5.41, 5.74) is 6.23. The molecule has 0 aliphatic carbocycles. The van der Waals surface area contributed by atoms with Crippen molar-refractivity contribution in [2.75, 3.05) is 17.3 Å². The maximum absolute atomic E-state index is 11.7. The second-order valence-corrected chi connectivity index (χ2v) is 5.25. The first-order valence-corrected chi connectivity index (χ1v) is 7.20. The van der Waals surface area contributed by atoms with Gasteiger partial charge in [-0.05, 0) is 30.6 Å². The molecule has 0 aromatic heterocycles. The van der Waals surface area contributed by atoms with Crippen LogP contribution in [0.2, 0.25) is 10.0 Å². The number of nitrogens with two attached hydrogens (primary N) is 1. The van der Waals surface area contributed by atoms with Crippen LogP contribution < -0.4 is 11.1 Å². The third-order valence-electron chi connectivity index (χ3n) is 2.18. The zero-order valence-corrected chi connectivity index (χ0v) is 11.7. The first kappa shape index (κ1) is 14.6. The van der Waals surface area contributed by atoms with Crippen molar-refractivity contribution in [1.82, 2.24) is 0 Å². The number of halogens is 2. The summed E-state index contributed by atoms with van der Waals surface area (Å²) < 4.78 is 0. The van der Waals surface area contributed by atoms with Crippen LogP contribution in [0.1, 0.15) is 6.42 Å². The van der Waals surface area contributed by atoms with E-state index in [2.05, 4.69) is 5.32 Å². The van der Waals surface area contributed by atoms with Gasteiger partial charge in [-0.1, -0.05) is 29.3 Å². The van der Waals surface area contributed by atoms with Gasteiger partial charge in [-0.3, -0.25) is 4.79 Å². The van der Waals surface area contributed by atoms with E-state index >= 15 is 0 Å². The molecule has 0 bridgehead atoms. The lowest BCUT2D eigenvalue weighted by molar-refractivity contribution is -0.117. The Bertz CT molecular complexity index is 401. The van der Waals surface area contributed by atoms with Crippen LogP contribution in [0, 0.1) is 0 Å². The summed E-state index contributed by atoms with van der Waals surface area (Å²) in [6.07, 6.45) is 2.60. The van der Waals surface area contributed by atoms with E-state index in [0.717, 1.165) is 5.75 Å². The van der Waals surface area contributed by atoms with Gasteiger partial charge in [0.15, 0.2) is 0 Å². The number of hydrogen-bond donors (Lipinski definition) is 2. The lowest BCUT2D eigenvalue weighted by Crippen LogP contribution is -2.36. The van der Waals surface area contributed by atoms with Crippen molar-refractivity contribution >= 4 is 46.6 Å². The molecular formula is C11H14Cl2N2OS. The van der Waals surface area contributed by atoms with Gasteiger partial charge in [0.2, 0.25) is 5.91 Å². The van der Waals surface area contributed by atoms with E-state index in [1.165, 1.54) is 0 Å². The van der Waals surface area contributed by atoms with Crippen LogP contribution in [0.25, 0.3) is 0 Å². The minimum atomic E-state index is -0.530. The molecule has 0 aliphatic heterocycles. The van der Waals surface area contributed by atoms with E-state index in [-0.39, 0.29) is 5.91 Å². The third-order valence-corrected chi connectivity index (χ3v) is 3.64. The molecule has 94 valence electrons. The van der Waals surface area contributed by atoms with Crippen LogP contribution in [-0.4, -0.2) is 24.0 Å². The maximum atomic E-state index is 11.7. The monoisotopic (exact) mass is 292 g/mol. The largest absolute Gasteiger partial charge is 0.323 e. The van der Waals surface area contributed by atoms with Gasteiger partial charge in [0.05, 0.1) is 21.8 Å². The van der Waals surface area contributed by atoms with E-state index in [0.29, 0.717) is 22.2 Å². The Morgan fingerprint density at radius 2 is 2.24 bits per heavy atom. The van der Waals surface area contributed by atoms with Gasteiger partial charge in [0, 0.05) is 0 Å². The highest BCUT2D eigenvalue weighted by Gasteiger charge is 2.14. The molecule has 1 rings (SSSR count). The van der Waals surface area contributed by atoms with E-state index < -0.39 is 6.04 Å². The van der Waals surface area contributed by atoms with Gasteiger partial charge >= 0.3 is 0 Å². The number of thioether (sulfide) groups is 1. The Morgan fingerprint density at radius 3 is 2.88 bits per heavy atom. The molecular weight excluding hydrogens is 279 g/mol. The Kier molecular flexibility index (Phi) is 6.12. The molecule has 1 aromatic carbocycles. The number of anilines is 1. The van der Waals surface area contributed by atoms with Crippen molar-refractivity contribution in [1.29, 1.82) is 0 Å². The van der Waals surface area contributed by atoms with Gasteiger partial charge in [-0.2, -0.15) is 11.8 Å². The number of amides is 1. The van der Waals surface area contributed by atoms with Gasteiger partial charge in [-0.25, -0.2) is 0 Å². The molecule has 0 unspecified atom stereocenters. The number of nitrogens with one attached hydrogen (secondary N) is 1. The van der Waals surface area contributed by atoms with Crippen LogP contribution in [-0.2, 0) is 4.79 Å². The van der Waals surface area contributed by atoms with Crippen LogP contribution in [0.3, 0.4) is 0 Å². The SMILES string of the molecule is CSCC[C@H](N)C(=O)Nc1cccc(Cl)c1Cl. The Hall–Kier alpha value is -0.420. The molecule has 1 atom stereocenters. The second kappa shape index (κ2) is 7.11. The first-order chi connectivity index (χ1) is 8.06. The quantitative estimate of drug-likeness (QED) is 0.877. The van der Waals surface area contributed by atoms with E-state index in [4.69, 9.17) is 28.9 Å². The van der Waals surface area contributed by atoms with Crippen molar-refractivity contribution < 1.29 is 4.79 Å². The highest BCUT2D eigenvalue weighted by Crippen LogP contribution is 2.29. The molecule has 17 heavy (non-hydrogen) atoms. The van der Waals surface area contributed by atoms with Crippen LogP contribution in [0.15, 0.2) is 18.2 Å². The number of carbonyl (C=O) groups excluding carboxylic acids is 1. The maximum Gasteiger partial charge on any atom is 0.241 e. The molecule has 3 N–H and O–H groups in total. The van der Waals surface area contributed by atoms with Crippen molar-refractivity contribution in [2.45, 2.75) is 12.5 Å². The fourth-order valence-electron chi connectivity index (χ4n) is 1.20. The molecule has 0 saturated heterocycles. The fourth-order valence-corrected chi connectivity index (χ4v) is 2.04. The van der Waals surface area contributed by atoms with Crippen molar-refractivity contribution in [2.24, 2.45) is 5.73 Å². The van der Waals surface area contributed by atoms with Crippen molar-refractivity contribution in [3.05, 3.63) is 28.2 Å². The summed E-state index contributed by atoms with van der Waals surface area (Å²) in [5.74, 6) is 0.598. The zero-order valence-electron chi connectivity index (χ0n) is 9.37. The summed E-state index contributed by atoms with van der Waals surface area (Å²) in [5, 5.41) is 3.41. The number of carbonyl (C=O) groups is 1. The van der Waals surface area contributed by atoms with Gasteiger partial charge in [0.25, 0.3) is 0 Å². The molecule has 0 fully saturated rings. The van der Waals surface area contributed by atoms with Gasteiger partial charge in [-0.15, -0.1) is 0 Å². The Labute approximate surface area is 115 Å². The molecule has 6 heteroatoms. The molecule has 0 heterocycles. The third kappa shape index (κ3) is 4.39. The minimum Gasteiger partial charge on any atom is -0.323 e. The number of rotatable bonds is 5. The molecule has 0 radical (unpaired) electrons. The first-order valence-electron chi connectivity index (χ1n) is 5.05. The molecule has 0 saturated carbocycles. The molecule has 0 spiro atoms. The predicted molar refractivity (Wildman–Crippen MR) is 76.1 cm³/mol. The second-order valence-electron chi connectivity index (χ2n) is 3.48. The average molecular weight is 293 g/mol. The van der Waals surface area contributed by atoms with Crippen LogP contribution >= 0.6 is 35.0 Å². The minimum absolute atomic E-state index is 0.247. The summed E-state index contributed by atoms with van der Waals surface area (Å²) >= 11 is 13.4. The normalized spacial score (nSPS) is 12.2. The van der Waals surface area contributed by atoms with E-state index in [1.54, 1.807) is 30.0 Å². The Balaban J connectivity index is 2.64.